The Balaban J connectivity index is 1.19. The van der Waals surface area contributed by atoms with Gasteiger partial charge in [0.25, 0.3) is 11.1 Å². The number of hydrogen-bond acceptors (Lipinski definition) is 6. The maximum absolute atomic E-state index is 12.3. The Hall–Kier alpha value is -3.26. The summed E-state index contributed by atoms with van der Waals surface area (Å²) in [5.41, 5.74) is 1.80. The maximum atomic E-state index is 12.3. The van der Waals surface area contributed by atoms with Crippen molar-refractivity contribution in [2.75, 3.05) is 19.7 Å². The lowest BCUT2D eigenvalue weighted by atomic mass is 9.98. The minimum Gasteiger partial charge on any atom is -0.493 e. The normalized spacial score (nSPS) is 18.0. The van der Waals surface area contributed by atoms with Gasteiger partial charge in [0.05, 0.1) is 11.5 Å². The highest BCUT2D eigenvalue weighted by atomic mass is 32.2. The molecule has 32 heavy (non-hydrogen) atoms. The van der Waals surface area contributed by atoms with Crippen LogP contribution in [0.2, 0.25) is 0 Å². The molecular weight excluding hydrogens is 428 g/mol. The number of carbonyl (C=O) groups is 3. The van der Waals surface area contributed by atoms with Crippen LogP contribution in [0.1, 0.15) is 24.0 Å². The van der Waals surface area contributed by atoms with Gasteiger partial charge in [-0.25, -0.2) is 4.79 Å². The summed E-state index contributed by atoms with van der Waals surface area (Å²) >= 11 is 0.899. The number of thioether (sulfide) groups is 1. The summed E-state index contributed by atoms with van der Waals surface area (Å²) in [6.07, 6.45) is 3.14. The molecule has 166 valence electrons. The highest BCUT2D eigenvalue weighted by Crippen LogP contribution is 2.26. The van der Waals surface area contributed by atoms with Crippen molar-refractivity contribution in [1.82, 2.24) is 10.2 Å². The second-order valence-electron chi connectivity index (χ2n) is 7.70. The summed E-state index contributed by atoms with van der Waals surface area (Å²) in [7, 11) is 0. The fraction of sp³-hybridized carbons (Fsp3) is 0.292. The van der Waals surface area contributed by atoms with Gasteiger partial charge in [0.1, 0.15) is 12.4 Å². The lowest BCUT2D eigenvalue weighted by Crippen LogP contribution is -2.39. The summed E-state index contributed by atoms with van der Waals surface area (Å²) < 4.78 is 11.3. The first kappa shape index (κ1) is 22.0. The average Bonchev–Trinajstić information content (AvgIpc) is 3.14. The van der Waals surface area contributed by atoms with E-state index in [-0.39, 0.29) is 23.8 Å². The van der Waals surface area contributed by atoms with Crippen molar-refractivity contribution >= 4 is 35.1 Å². The molecule has 2 aromatic carbocycles. The van der Waals surface area contributed by atoms with Crippen molar-refractivity contribution in [1.29, 1.82) is 0 Å². The number of imide groups is 1. The Morgan fingerprint density at radius 2 is 1.78 bits per heavy atom. The molecular formula is C24H24N2O5S. The van der Waals surface area contributed by atoms with Crippen molar-refractivity contribution < 1.29 is 23.9 Å². The lowest BCUT2D eigenvalue weighted by Gasteiger charge is -2.31. The van der Waals surface area contributed by atoms with Crippen molar-refractivity contribution in [2.24, 2.45) is 5.92 Å². The number of nitrogens with one attached hydrogen (secondary N) is 1. The second kappa shape index (κ2) is 10.4. The number of carbonyl (C=O) groups excluding carboxylic acids is 3. The van der Waals surface area contributed by atoms with Gasteiger partial charge in [-0.1, -0.05) is 42.5 Å². The third-order valence-corrected chi connectivity index (χ3v) is 6.19. The van der Waals surface area contributed by atoms with E-state index in [1.807, 2.05) is 54.6 Å². The number of rotatable bonds is 6. The number of hydrogen-bond donors (Lipinski definition) is 1. The predicted octanol–water partition coefficient (Wildman–Crippen LogP) is 4.44. The number of piperidine rings is 1. The summed E-state index contributed by atoms with van der Waals surface area (Å²) in [4.78, 5) is 37.3. The van der Waals surface area contributed by atoms with E-state index < -0.39 is 0 Å². The van der Waals surface area contributed by atoms with Gasteiger partial charge in [-0.15, -0.1) is 0 Å². The van der Waals surface area contributed by atoms with Crippen LogP contribution in [0.3, 0.4) is 0 Å². The highest BCUT2D eigenvalue weighted by molar-refractivity contribution is 8.18. The standard InChI is InChI=1S/C24H24N2O5S/c27-22-21(32-23(28)25-22)14-17-6-8-20(9-7-17)30-15-19-10-12-26(13-11-19)24(29)31-16-18-4-2-1-3-5-18/h1-9,14,19H,10-13,15-16H2,(H,25,27,28). The largest absolute Gasteiger partial charge is 0.493 e. The van der Waals surface area contributed by atoms with Gasteiger partial charge in [0, 0.05) is 13.1 Å². The highest BCUT2D eigenvalue weighted by Gasteiger charge is 2.25. The fourth-order valence-electron chi connectivity index (χ4n) is 3.54. The molecule has 0 unspecified atom stereocenters. The Kier molecular flexibility index (Phi) is 7.11. The van der Waals surface area contributed by atoms with Crippen molar-refractivity contribution in [2.45, 2.75) is 19.4 Å². The molecule has 2 fully saturated rings. The summed E-state index contributed by atoms with van der Waals surface area (Å²) in [6, 6.07) is 17.1. The van der Waals surface area contributed by atoms with Crippen LogP contribution >= 0.6 is 11.8 Å². The molecule has 7 nitrogen and oxygen atoms in total. The van der Waals surface area contributed by atoms with Gasteiger partial charge in [0.2, 0.25) is 0 Å². The van der Waals surface area contributed by atoms with Gasteiger partial charge in [0.15, 0.2) is 0 Å². The molecule has 0 aromatic heterocycles. The van der Waals surface area contributed by atoms with E-state index >= 15 is 0 Å². The average molecular weight is 453 g/mol. The van der Waals surface area contributed by atoms with Gasteiger partial charge in [-0.3, -0.25) is 14.9 Å². The first-order valence-electron chi connectivity index (χ1n) is 10.5. The molecule has 2 saturated heterocycles. The van der Waals surface area contributed by atoms with Crippen molar-refractivity contribution in [3.05, 3.63) is 70.6 Å². The van der Waals surface area contributed by atoms with Gasteiger partial charge in [-0.05, 0) is 59.9 Å². The van der Waals surface area contributed by atoms with Gasteiger partial charge in [-0.2, -0.15) is 0 Å². The van der Waals surface area contributed by atoms with E-state index in [0.717, 1.165) is 41.5 Å². The first-order chi connectivity index (χ1) is 15.6. The summed E-state index contributed by atoms with van der Waals surface area (Å²) in [5, 5.41) is 1.89. The van der Waals surface area contributed by atoms with Gasteiger partial charge < -0.3 is 14.4 Å². The van der Waals surface area contributed by atoms with Crippen LogP contribution in [0.5, 0.6) is 5.75 Å². The van der Waals surface area contributed by atoms with Crippen LogP contribution in [0, 0.1) is 5.92 Å². The third-order valence-electron chi connectivity index (χ3n) is 5.38. The summed E-state index contributed by atoms with van der Waals surface area (Å²) in [5.74, 6) is 0.756. The van der Waals surface area contributed by atoms with Crippen LogP contribution in [0.4, 0.5) is 9.59 Å². The Morgan fingerprint density at radius 1 is 1.06 bits per heavy atom. The molecule has 0 atom stereocenters. The Bertz CT molecular complexity index is 999. The molecule has 2 heterocycles. The Labute approximate surface area is 190 Å². The number of nitrogens with zero attached hydrogens (tertiary/aromatic N) is 1. The Morgan fingerprint density at radius 3 is 2.44 bits per heavy atom. The van der Waals surface area contributed by atoms with E-state index in [9.17, 15) is 14.4 Å². The predicted molar refractivity (Wildman–Crippen MR) is 122 cm³/mol. The SMILES string of the molecule is O=C1NC(=O)C(=Cc2ccc(OCC3CCN(C(=O)OCc4ccccc4)CC3)cc2)S1. The molecule has 0 radical (unpaired) electrons. The second-order valence-corrected chi connectivity index (χ2v) is 8.72. The van der Waals surface area contributed by atoms with E-state index in [1.54, 1.807) is 11.0 Å². The first-order valence-corrected chi connectivity index (χ1v) is 11.3. The number of likely N-dealkylation sites (tertiary alicyclic amines) is 1. The minimum atomic E-state index is -0.365. The molecule has 0 saturated carbocycles. The van der Waals surface area contributed by atoms with Crippen LogP contribution in [-0.4, -0.2) is 41.8 Å². The number of amides is 3. The molecule has 0 bridgehead atoms. The molecule has 4 rings (SSSR count). The third kappa shape index (κ3) is 5.91. The molecule has 3 amide bonds. The fourth-order valence-corrected chi connectivity index (χ4v) is 4.22. The van der Waals surface area contributed by atoms with Crippen LogP contribution in [0.25, 0.3) is 6.08 Å². The van der Waals surface area contributed by atoms with Crippen LogP contribution in [0.15, 0.2) is 59.5 Å². The van der Waals surface area contributed by atoms with Crippen molar-refractivity contribution in [3.8, 4) is 5.75 Å². The lowest BCUT2D eigenvalue weighted by molar-refractivity contribution is -0.115. The monoisotopic (exact) mass is 452 g/mol. The molecule has 8 heteroatoms. The molecule has 2 aliphatic heterocycles. The van der Waals surface area contributed by atoms with Crippen LogP contribution < -0.4 is 10.1 Å². The molecule has 0 spiro atoms. The molecule has 2 aliphatic rings. The zero-order valence-electron chi connectivity index (χ0n) is 17.5. The minimum absolute atomic E-state index is 0.270. The van der Waals surface area contributed by atoms with Gasteiger partial charge >= 0.3 is 6.09 Å². The topological polar surface area (TPSA) is 84.9 Å². The zero-order chi connectivity index (χ0) is 22.3. The van der Waals surface area contributed by atoms with Crippen molar-refractivity contribution in [3.63, 3.8) is 0 Å². The molecule has 1 N–H and O–H groups in total. The van der Waals surface area contributed by atoms with E-state index in [1.165, 1.54) is 0 Å². The number of ether oxygens (including phenoxy) is 2. The van der Waals surface area contributed by atoms with Crippen LogP contribution in [-0.2, 0) is 16.1 Å². The zero-order valence-corrected chi connectivity index (χ0v) is 18.3. The smallest absolute Gasteiger partial charge is 0.410 e. The summed E-state index contributed by atoms with van der Waals surface area (Å²) in [6.45, 7) is 2.19. The molecule has 2 aromatic rings. The van der Waals surface area contributed by atoms with E-state index in [0.29, 0.717) is 30.5 Å². The quantitative estimate of drug-likeness (QED) is 0.653. The van der Waals surface area contributed by atoms with E-state index in [2.05, 4.69) is 5.32 Å². The maximum Gasteiger partial charge on any atom is 0.410 e. The molecule has 0 aliphatic carbocycles. The number of benzene rings is 2. The van der Waals surface area contributed by atoms with E-state index in [4.69, 9.17) is 9.47 Å².